The van der Waals surface area contributed by atoms with Crippen LogP contribution < -0.4 is 5.32 Å². The average Bonchev–Trinajstić information content (AvgIpc) is 3.09. The van der Waals surface area contributed by atoms with E-state index in [1.165, 1.54) is 19.8 Å². The van der Waals surface area contributed by atoms with Gasteiger partial charge in [0.25, 0.3) is 0 Å². The number of carbonyl (C=O) groups is 1. The molecule has 0 aliphatic rings. The van der Waals surface area contributed by atoms with Crippen molar-refractivity contribution in [3.8, 4) is 11.3 Å². The predicted octanol–water partition coefficient (Wildman–Crippen LogP) is 5.93. The molecule has 0 saturated heterocycles. The first kappa shape index (κ1) is 18.4. The van der Waals surface area contributed by atoms with Gasteiger partial charge in [0, 0.05) is 25.8 Å². The number of halogens is 1. The molecule has 0 atom stereocenters. The molecule has 0 bridgehead atoms. The largest absolute Gasteiger partial charge is 0.302 e. The smallest absolute Gasteiger partial charge is 0.226 e. The fourth-order valence-corrected chi connectivity index (χ4v) is 4.18. The number of amides is 1. The lowest BCUT2D eigenvalue weighted by atomic mass is 10.2. The van der Waals surface area contributed by atoms with Gasteiger partial charge in [0.1, 0.15) is 0 Å². The number of aromatic nitrogens is 1. The summed E-state index contributed by atoms with van der Waals surface area (Å²) < 4.78 is 1.19. The number of hydrogen-bond donors (Lipinski definition) is 1. The van der Waals surface area contributed by atoms with Gasteiger partial charge in [-0.25, -0.2) is 4.98 Å². The van der Waals surface area contributed by atoms with Crippen molar-refractivity contribution in [3.63, 3.8) is 0 Å². The van der Waals surface area contributed by atoms with E-state index < -0.39 is 0 Å². The minimum Gasteiger partial charge on any atom is -0.302 e. The lowest BCUT2D eigenvalue weighted by Crippen LogP contribution is -2.11. The van der Waals surface area contributed by atoms with E-state index in [1.54, 1.807) is 11.8 Å². The van der Waals surface area contributed by atoms with E-state index in [1.807, 2.05) is 35.7 Å². The normalized spacial score (nSPS) is 10.6. The van der Waals surface area contributed by atoms with Crippen LogP contribution in [-0.4, -0.2) is 16.6 Å². The summed E-state index contributed by atoms with van der Waals surface area (Å²) in [4.78, 5) is 17.8. The van der Waals surface area contributed by atoms with Gasteiger partial charge in [-0.1, -0.05) is 30.3 Å². The quantitative estimate of drug-likeness (QED) is 0.259. The Morgan fingerprint density at radius 1 is 1.12 bits per heavy atom. The van der Waals surface area contributed by atoms with E-state index in [-0.39, 0.29) is 5.91 Å². The zero-order valence-corrected chi connectivity index (χ0v) is 17.2. The molecule has 0 fully saturated rings. The summed E-state index contributed by atoms with van der Waals surface area (Å²) in [5, 5.41) is 5.54. The van der Waals surface area contributed by atoms with Gasteiger partial charge in [-0.2, -0.15) is 0 Å². The fourth-order valence-electron chi connectivity index (χ4n) is 2.21. The topological polar surface area (TPSA) is 42.0 Å². The zero-order valence-electron chi connectivity index (χ0n) is 13.4. The van der Waals surface area contributed by atoms with Crippen LogP contribution >= 0.6 is 45.7 Å². The van der Waals surface area contributed by atoms with Crippen LogP contribution in [0, 0.1) is 3.57 Å². The second-order valence-corrected chi connectivity index (χ2v) is 8.63. The molecular weight excluding hydrogens is 463 g/mol. The molecule has 3 aromatic rings. The number of rotatable bonds is 7. The lowest BCUT2D eigenvalue weighted by Gasteiger charge is -2.02. The molecule has 3 rings (SSSR count). The van der Waals surface area contributed by atoms with Crippen molar-refractivity contribution in [1.29, 1.82) is 0 Å². The third-order valence-corrected chi connectivity index (χ3v) is 6.03. The van der Waals surface area contributed by atoms with Crippen molar-refractivity contribution in [2.24, 2.45) is 0 Å². The Morgan fingerprint density at radius 2 is 1.88 bits per heavy atom. The molecule has 0 aliphatic heterocycles. The molecule has 0 saturated carbocycles. The minimum atomic E-state index is 0.0252. The maximum absolute atomic E-state index is 12.1. The Balaban J connectivity index is 1.44. The molecule has 0 spiro atoms. The van der Waals surface area contributed by atoms with Gasteiger partial charge >= 0.3 is 0 Å². The van der Waals surface area contributed by atoms with E-state index in [0.29, 0.717) is 11.6 Å². The van der Waals surface area contributed by atoms with Crippen molar-refractivity contribution >= 4 is 56.7 Å². The van der Waals surface area contributed by atoms with Crippen molar-refractivity contribution in [1.82, 2.24) is 4.98 Å². The highest BCUT2D eigenvalue weighted by molar-refractivity contribution is 14.1. The van der Waals surface area contributed by atoms with Gasteiger partial charge in [-0.15, -0.1) is 23.1 Å². The first-order valence-electron chi connectivity index (χ1n) is 7.90. The number of hydrogen-bond acceptors (Lipinski definition) is 4. The van der Waals surface area contributed by atoms with Crippen LogP contribution in [0.4, 0.5) is 5.13 Å². The Labute approximate surface area is 169 Å². The highest BCUT2D eigenvalue weighted by atomic mass is 127. The summed E-state index contributed by atoms with van der Waals surface area (Å²) in [7, 11) is 0. The SMILES string of the molecule is O=C(CCCSc1ccccc1)Nc1nc(-c2ccc(I)cc2)cs1. The second kappa shape index (κ2) is 9.35. The Bertz CT molecular complexity index is 819. The van der Waals surface area contributed by atoms with E-state index >= 15 is 0 Å². The van der Waals surface area contributed by atoms with E-state index in [2.05, 4.69) is 57.2 Å². The summed E-state index contributed by atoms with van der Waals surface area (Å²) in [6.07, 6.45) is 1.36. The molecule has 1 aromatic heterocycles. The third kappa shape index (κ3) is 5.83. The van der Waals surface area contributed by atoms with Crippen molar-refractivity contribution in [2.45, 2.75) is 17.7 Å². The van der Waals surface area contributed by atoms with Crippen LogP contribution in [0.5, 0.6) is 0 Å². The van der Waals surface area contributed by atoms with Crippen LogP contribution in [0.3, 0.4) is 0 Å². The number of carbonyl (C=O) groups excluding carboxylic acids is 1. The number of thiazole rings is 1. The maximum atomic E-state index is 12.1. The van der Waals surface area contributed by atoms with Crippen LogP contribution in [0.15, 0.2) is 64.9 Å². The van der Waals surface area contributed by atoms with E-state index in [9.17, 15) is 4.79 Å². The van der Waals surface area contributed by atoms with Crippen molar-refractivity contribution < 1.29 is 4.79 Å². The van der Waals surface area contributed by atoms with Crippen LogP contribution in [-0.2, 0) is 4.79 Å². The number of anilines is 1. The molecule has 25 heavy (non-hydrogen) atoms. The molecule has 1 amide bonds. The molecule has 128 valence electrons. The molecule has 1 N–H and O–H groups in total. The van der Waals surface area contributed by atoms with E-state index in [0.717, 1.165) is 23.4 Å². The van der Waals surface area contributed by atoms with Crippen molar-refractivity contribution in [2.75, 3.05) is 11.1 Å². The number of nitrogens with one attached hydrogen (secondary N) is 1. The molecule has 6 heteroatoms. The Hall–Kier alpha value is -1.38. The maximum Gasteiger partial charge on any atom is 0.226 e. The molecule has 0 unspecified atom stereocenters. The van der Waals surface area contributed by atoms with Gasteiger partial charge in [-0.05, 0) is 59.0 Å². The van der Waals surface area contributed by atoms with Gasteiger partial charge in [0.2, 0.25) is 5.91 Å². The predicted molar refractivity (Wildman–Crippen MR) is 115 cm³/mol. The summed E-state index contributed by atoms with van der Waals surface area (Å²) in [6.45, 7) is 0. The monoisotopic (exact) mass is 480 g/mol. The molecule has 0 aliphatic carbocycles. The number of nitrogens with zero attached hydrogens (tertiary/aromatic N) is 1. The van der Waals surface area contributed by atoms with Gasteiger partial charge in [0.05, 0.1) is 5.69 Å². The highest BCUT2D eigenvalue weighted by Gasteiger charge is 2.08. The first-order valence-corrected chi connectivity index (χ1v) is 10.8. The standard InChI is InChI=1S/C19H17IN2OS2/c20-15-10-8-14(9-11-15)17-13-25-19(21-17)22-18(23)7-4-12-24-16-5-2-1-3-6-16/h1-3,5-6,8-11,13H,4,7,12H2,(H,21,22,23). The summed E-state index contributed by atoms with van der Waals surface area (Å²) >= 11 is 5.52. The summed E-state index contributed by atoms with van der Waals surface area (Å²) in [5.41, 5.74) is 1.97. The van der Waals surface area contributed by atoms with Crippen LogP contribution in [0.2, 0.25) is 0 Å². The molecule has 3 nitrogen and oxygen atoms in total. The lowest BCUT2D eigenvalue weighted by molar-refractivity contribution is -0.116. The highest BCUT2D eigenvalue weighted by Crippen LogP contribution is 2.25. The minimum absolute atomic E-state index is 0.0252. The second-order valence-electron chi connectivity index (χ2n) is 5.36. The number of thioether (sulfide) groups is 1. The molecule has 1 heterocycles. The van der Waals surface area contributed by atoms with Gasteiger partial charge in [-0.3, -0.25) is 4.79 Å². The van der Waals surface area contributed by atoms with Crippen LogP contribution in [0.25, 0.3) is 11.3 Å². The molecule has 2 aromatic carbocycles. The Kier molecular flexibility index (Phi) is 6.89. The third-order valence-electron chi connectivity index (χ3n) is 3.45. The first-order chi connectivity index (χ1) is 12.2. The summed E-state index contributed by atoms with van der Waals surface area (Å²) in [6, 6.07) is 18.4. The van der Waals surface area contributed by atoms with Crippen molar-refractivity contribution in [3.05, 3.63) is 63.5 Å². The zero-order chi connectivity index (χ0) is 17.5. The molecular formula is C19H17IN2OS2. The van der Waals surface area contributed by atoms with E-state index in [4.69, 9.17) is 0 Å². The number of benzene rings is 2. The Morgan fingerprint density at radius 3 is 2.64 bits per heavy atom. The molecule has 0 radical (unpaired) electrons. The average molecular weight is 480 g/mol. The fraction of sp³-hybridized carbons (Fsp3) is 0.158. The van der Waals surface area contributed by atoms with Gasteiger partial charge < -0.3 is 5.32 Å². The summed E-state index contributed by atoms with van der Waals surface area (Å²) in [5.74, 6) is 0.959. The van der Waals surface area contributed by atoms with Gasteiger partial charge in [0.15, 0.2) is 5.13 Å². The van der Waals surface area contributed by atoms with Crippen LogP contribution in [0.1, 0.15) is 12.8 Å².